The van der Waals surface area contributed by atoms with E-state index >= 15 is 0 Å². The average molecular weight is 513 g/mol. The molecule has 2 aliphatic heterocycles. The van der Waals surface area contributed by atoms with Gasteiger partial charge in [-0.1, -0.05) is 37.5 Å². The molecule has 1 unspecified atom stereocenters. The Kier molecular flexibility index (Phi) is 9.51. The maximum atomic E-state index is 14.0. The number of nitrogens with zero attached hydrogens (tertiary/aromatic N) is 2. The summed E-state index contributed by atoms with van der Waals surface area (Å²) in [4.78, 5) is 45.4. The van der Waals surface area contributed by atoms with Crippen LogP contribution in [0.25, 0.3) is 0 Å². The van der Waals surface area contributed by atoms with Crippen molar-refractivity contribution < 1.29 is 19.1 Å². The van der Waals surface area contributed by atoms with Gasteiger partial charge in [-0.2, -0.15) is 0 Å². The lowest BCUT2D eigenvalue weighted by atomic mass is 9.71. The van der Waals surface area contributed by atoms with Crippen LogP contribution < -0.4 is 26.8 Å². The highest BCUT2D eigenvalue weighted by molar-refractivity contribution is 6.02. The Bertz CT molecular complexity index is 951. The van der Waals surface area contributed by atoms with Gasteiger partial charge in [0.2, 0.25) is 11.8 Å². The molecular formula is C27H40N6O4. The largest absolute Gasteiger partial charge is 0.489 e. The van der Waals surface area contributed by atoms with Crippen molar-refractivity contribution in [2.24, 2.45) is 28.3 Å². The van der Waals surface area contributed by atoms with Gasteiger partial charge in [0.05, 0.1) is 18.1 Å². The zero-order valence-corrected chi connectivity index (χ0v) is 21.4. The quantitative estimate of drug-likeness (QED) is 0.119. The molecule has 37 heavy (non-hydrogen) atoms. The Balaban J connectivity index is 1.50. The van der Waals surface area contributed by atoms with Crippen LogP contribution >= 0.6 is 0 Å². The summed E-state index contributed by atoms with van der Waals surface area (Å²) in [6.07, 6.45) is 7.07. The zero-order chi connectivity index (χ0) is 26.2. The molecule has 2 heterocycles. The van der Waals surface area contributed by atoms with Crippen molar-refractivity contribution in [1.82, 2.24) is 15.5 Å². The number of aliphatic imine (C=N–C) groups is 1. The Labute approximate surface area is 218 Å². The number of ether oxygens (including phenoxy) is 1. The molecule has 1 aliphatic carbocycles. The number of aldehydes is 1. The number of benzene rings is 1. The van der Waals surface area contributed by atoms with Crippen LogP contribution in [0, 0.1) is 11.8 Å². The maximum absolute atomic E-state index is 14.0. The molecule has 2 amide bonds. The number of para-hydroxylation sites is 1. The Morgan fingerprint density at radius 3 is 2.65 bits per heavy atom. The smallest absolute Gasteiger partial charge is 0.247 e. The van der Waals surface area contributed by atoms with E-state index in [-0.39, 0.29) is 29.8 Å². The van der Waals surface area contributed by atoms with Crippen LogP contribution in [0.2, 0.25) is 0 Å². The highest BCUT2D eigenvalue weighted by Gasteiger charge is 2.45. The fourth-order valence-corrected chi connectivity index (χ4v) is 6.07. The number of fused-ring (bicyclic) bond motifs is 1. The van der Waals surface area contributed by atoms with E-state index in [9.17, 15) is 14.4 Å². The fraction of sp³-hybridized carbons (Fsp3) is 0.630. The molecule has 202 valence electrons. The monoisotopic (exact) mass is 512 g/mol. The minimum absolute atomic E-state index is 0.0268. The number of nitrogens with one attached hydrogen (secondary N) is 2. The van der Waals surface area contributed by atoms with E-state index in [4.69, 9.17) is 16.2 Å². The Hall–Kier alpha value is -2.98. The molecule has 0 aromatic heterocycles. The Morgan fingerprint density at radius 2 is 1.89 bits per heavy atom. The molecule has 0 spiro atoms. The van der Waals surface area contributed by atoms with E-state index in [0.29, 0.717) is 44.6 Å². The normalized spacial score (nSPS) is 27.9. The summed E-state index contributed by atoms with van der Waals surface area (Å²) in [6.45, 7) is 1.55. The van der Waals surface area contributed by atoms with Crippen LogP contribution in [0.4, 0.5) is 0 Å². The first-order valence-electron chi connectivity index (χ1n) is 13.5. The van der Waals surface area contributed by atoms with Crippen molar-refractivity contribution in [2.75, 3.05) is 19.6 Å². The molecule has 0 radical (unpaired) electrons. The third-order valence-corrected chi connectivity index (χ3v) is 7.89. The topological polar surface area (TPSA) is 152 Å². The summed E-state index contributed by atoms with van der Waals surface area (Å²) in [7, 11) is 0. The standard InChI is InChI=1S/C27H40N6O4/c28-27(29)31-13-6-8-19(17-34)33(26(36)24-22-11-5-4-7-18(22)12-14-30-24)25(35)23-15-21(16-32-23)37-20-9-2-1-3-10-20/h1-3,9-10,17-19,21-24,30,32H,4-8,11-16H2,(H4,28,29,31)/t18-,19-,21-,22?,23-,24-/m0/s1. The highest BCUT2D eigenvalue weighted by Crippen LogP contribution is 2.37. The average Bonchev–Trinajstić information content (AvgIpc) is 3.38. The molecule has 10 heteroatoms. The summed E-state index contributed by atoms with van der Waals surface area (Å²) in [6, 6.07) is 7.51. The Morgan fingerprint density at radius 1 is 1.11 bits per heavy atom. The van der Waals surface area contributed by atoms with Gasteiger partial charge in [-0.05, 0) is 56.2 Å². The van der Waals surface area contributed by atoms with Crippen molar-refractivity contribution in [2.45, 2.75) is 75.6 Å². The number of carbonyl (C=O) groups excluding carboxylic acids is 3. The van der Waals surface area contributed by atoms with E-state index in [1.54, 1.807) is 0 Å². The van der Waals surface area contributed by atoms with E-state index in [1.807, 2.05) is 30.3 Å². The predicted molar refractivity (Wildman–Crippen MR) is 141 cm³/mol. The molecule has 6 atom stereocenters. The first-order valence-corrected chi connectivity index (χ1v) is 13.5. The molecule has 4 rings (SSSR count). The molecule has 1 aromatic carbocycles. The molecule has 1 aromatic rings. The number of nitrogens with two attached hydrogens (primary N) is 2. The lowest BCUT2D eigenvalue weighted by Gasteiger charge is -2.43. The van der Waals surface area contributed by atoms with E-state index in [2.05, 4.69) is 15.6 Å². The highest BCUT2D eigenvalue weighted by atomic mass is 16.5. The van der Waals surface area contributed by atoms with Gasteiger partial charge in [0.25, 0.3) is 0 Å². The van der Waals surface area contributed by atoms with Gasteiger partial charge in [-0.15, -0.1) is 0 Å². The SMILES string of the molecule is NC(N)=NCCC[C@@H](C=O)N(C(=O)[C@@H]1C[C@H](Oc2ccccc2)CN1)C(=O)[C@H]1NCC[C@@H]2CCCCC21. The number of guanidine groups is 1. The summed E-state index contributed by atoms with van der Waals surface area (Å²) < 4.78 is 6.03. The van der Waals surface area contributed by atoms with Gasteiger partial charge in [0, 0.05) is 19.5 Å². The van der Waals surface area contributed by atoms with E-state index in [1.165, 1.54) is 11.3 Å². The van der Waals surface area contributed by atoms with Crippen molar-refractivity contribution in [1.29, 1.82) is 0 Å². The molecule has 3 aliphatic rings. The summed E-state index contributed by atoms with van der Waals surface area (Å²) in [5.74, 6) is 0.699. The second-order valence-electron chi connectivity index (χ2n) is 10.4. The summed E-state index contributed by atoms with van der Waals surface area (Å²) in [5, 5.41) is 6.61. The number of hydrogen-bond acceptors (Lipinski definition) is 7. The minimum atomic E-state index is -0.879. The molecule has 2 saturated heterocycles. The van der Waals surface area contributed by atoms with Gasteiger partial charge in [0.1, 0.15) is 18.1 Å². The first-order chi connectivity index (χ1) is 18.0. The van der Waals surface area contributed by atoms with Crippen LogP contribution in [0.1, 0.15) is 51.4 Å². The van der Waals surface area contributed by atoms with Crippen molar-refractivity contribution in [3.05, 3.63) is 30.3 Å². The molecule has 6 N–H and O–H groups in total. The van der Waals surface area contributed by atoms with Gasteiger partial charge in [-0.3, -0.25) is 19.5 Å². The van der Waals surface area contributed by atoms with Crippen LogP contribution in [0.5, 0.6) is 5.75 Å². The van der Waals surface area contributed by atoms with Gasteiger partial charge in [-0.25, -0.2) is 0 Å². The maximum Gasteiger partial charge on any atom is 0.247 e. The third kappa shape index (κ3) is 6.87. The van der Waals surface area contributed by atoms with E-state index in [0.717, 1.165) is 38.0 Å². The second-order valence-corrected chi connectivity index (χ2v) is 10.4. The summed E-state index contributed by atoms with van der Waals surface area (Å²) >= 11 is 0. The van der Waals surface area contributed by atoms with Crippen LogP contribution in [-0.2, 0) is 14.4 Å². The van der Waals surface area contributed by atoms with Crippen LogP contribution in [0.15, 0.2) is 35.3 Å². The predicted octanol–water partition coefficient (Wildman–Crippen LogP) is 0.941. The van der Waals surface area contributed by atoms with E-state index < -0.39 is 18.1 Å². The van der Waals surface area contributed by atoms with Gasteiger partial charge in [0.15, 0.2) is 5.96 Å². The molecular weight excluding hydrogens is 472 g/mol. The third-order valence-electron chi connectivity index (χ3n) is 7.89. The van der Waals surface area contributed by atoms with Gasteiger partial charge >= 0.3 is 0 Å². The molecule has 10 nitrogen and oxygen atoms in total. The number of carbonyl (C=O) groups is 3. The first kappa shape index (κ1) is 27.1. The minimum Gasteiger partial charge on any atom is -0.489 e. The summed E-state index contributed by atoms with van der Waals surface area (Å²) in [5.41, 5.74) is 10.8. The molecule has 0 bridgehead atoms. The van der Waals surface area contributed by atoms with Crippen molar-refractivity contribution in [3.8, 4) is 5.75 Å². The fourth-order valence-electron chi connectivity index (χ4n) is 6.07. The number of piperidine rings is 1. The van der Waals surface area contributed by atoms with Crippen molar-refractivity contribution >= 4 is 24.1 Å². The number of amides is 2. The van der Waals surface area contributed by atoms with Gasteiger partial charge < -0.3 is 31.6 Å². The molecule has 3 fully saturated rings. The lowest BCUT2D eigenvalue weighted by Crippen LogP contribution is -2.61. The van der Waals surface area contributed by atoms with Crippen LogP contribution in [-0.4, -0.2) is 72.8 Å². The number of rotatable bonds is 10. The zero-order valence-electron chi connectivity index (χ0n) is 21.4. The van der Waals surface area contributed by atoms with Crippen molar-refractivity contribution in [3.63, 3.8) is 0 Å². The second kappa shape index (κ2) is 13.0. The molecule has 1 saturated carbocycles. The lowest BCUT2D eigenvalue weighted by molar-refractivity contribution is -0.154. The number of hydrogen-bond donors (Lipinski definition) is 4. The van der Waals surface area contributed by atoms with Crippen LogP contribution in [0.3, 0.4) is 0 Å². The number of imide groups is 1.